The predicted molar refractivity (Wildman–Crippen MR) is 119 cm³/mol. The van der Waals surface area contributed by atoms with Crippen LogP contribution in [-0.4, -0.2) is 48.1 Å². The molecule has 164 valence electrons. The molecule has 2 aromatic heterocycles. The number of carboxylic acids is 1. The van der Waals surface area contributed by atoms with Crippen LogP contribution in [0.2, 0.25) is 0 Å². The summed E-state index contributed by atoms with van der Waals surface area (Å²) in [5, 5.41) is 11.5. The lowest BCUT2D eigenvalue weighted by molar-refractivity contribution is -0.142. The van der Waals surface area contributed by atoms with Crippen molar-refractivity contribution >= 4 is 40.0 Å². The number of alkyl halides is 1. The van der Waals surface area contributed by atoms with Crippen LogP contribution in [0.5, 0.6) is 0 Å². The van der Waals surface area contributed by atoms with E-state index in [0.29, 0.717) is 24.7 Å². The van der Waals surface area contributed by atoms with Gasteiger partial charge in [0.2, 0.25) is 0 Å². The molecule has 0 spiro atoms. The Labute approximate surface area is 189 Å². The molecule has 0 amide bonds. The van der Waals surface area contributed by atoms with Gasteiger partial charge in [-0.1, -0.05) is 29.8 Å². The van der Waals surface area contributed by atoms with E-state index in [4.69, 9.17) is 16.3 Å². The fourth-order valence-corrected chi connectivity index (χ4v) is 5.87. The summed E-state index contributed by atoms with van der Waals surface area (Å²) in [6, 6.07) is 10.1. The minimum absolute atomic E-state index is 0.234. The molecule has 2 saturated heterocycles. The standard InChI is InChI=1S/C22H25ClN4O3S/c23-19-11-14(12-27-9-7-15-4-1-2-5-16(15)27)10-18(30-19)21-24-20(31-25-21)13-26-8-3-6-17(26)22(28)29/h1-2,4-5,7,9,14,17-19H,3,6,8,10-13H2,(H,28,29). The number of hydrogen-bond acceptors (Lipinski definition) is 6. The molecular formula is C22H25ClN4O3S. The summed E-state index contributed by atoms with van der Waals surface area (Å²) in [4.78, 5) is 18.1. The molecule has 1 aromatic carbocycles. The number of ether oxygens (including phenoxy) is 1. The van der Waals surface area contributed by atoms with E-state index >= 15 is 0 Å². The zero-order valence-electron chi connectivity index (χ0n) is 17.1. The predicted octanol–water partition coefficient (Wildman–Crippen LogP) is 4.27. The Hall–Kier alpha value is -2.00. The fourth-order valence-electron chi connectivity index (χ4n) is 4.78. The van der Waals surface area contributed by atoms with Gasteiger partial charge in [0.1, 0.15) is 22.7 Å². The first-order chi connectivity index (χ1) is 15.1. The maximum absolute atomic E-state index is 11.4. The lowest BCUT2D eigenvalue weighted by Gasteiger charge is -2.31. The van der Waals surface area contributed by atoms with Crippen molar-refractivity contribution in [2.75, 3.05) is 6.54 Å². The number of fused-ring (bicyclic) bond motifs is 1. The van der Waals surface area contributed by atoms with E-state index in [1.165, 1.54) is 22.4 Å². The van der Waals surface area contributed by atoms with Gasteiger partial charge >= 0.3 is 5.97 Å². The number of para-hydroxylation sites is 1. The molecule has 0 bridgehead atoms. The van der Waals surface area contributed by atoms with Crippen LogP contribution in [-0.2, 0) is 22.6 Å². The third-order valence-electron chi connectivity index (χ3n) is 6.27. The van der Waals surface area contributed by atoms with E-state index in [1.807, 2.05) is 4.90 Å². The summed E-state index contributed by atoms with van der Waals surface area (Å²) >= 11 is 7.78. The van der Waals surface area contributed by atoms with Gasteiger partial charge in [0, 0.05) is 18.3 Å². The van der Waals surface area contributed by atoms with Gasteiger partial charge in [-0.2, -0.15) is 4.37 Å². The Morgan fingerprint density at radius 3 is 3.03 bits per heavy atom. The Morgan fingerprint density at radius 2 is 2.16 bits per heavy atom. The van der Waals surface area contributed by atoms with Crippen molar-refractivity contribution in [3.63, 3.8) is 0 Å². The van der Waals surface area contributed by atoms with Crippen LogP contribution in [0.4, 0.5) is 0 Å². The number of benzene rings is 1. The van der Waals surface area contributed by atoms with Crippen molar-refractivity contribution in [1.82, 2.24) is 18.8 Å². The summed E-state index contributed by atoms with van der Waals surface area (Å²) < 4.78 is 12.8. The average molecular weight is 461 g/mol. The molecule has 0 saturated carbocycles. The molecule has 4 unspecified atom stereocenters. The van der Waals surface area contributed by atoms with Crippen LogP contribution in [0.3, 0.4) is 0 Å². The molecule has 5 rings (SSSR count). The summed E-state index contributed by atoms with van der Waals surface area (Å²) in [6.45, 7) is 2.18. The van der Waals surface area contributed by atoms with Crippen LogP contribution in [0, 0.1) is 5.92 Å². The second-order valence-corrected chi connectivity index (χ2v) is 9.74. The third kappa shape index (κ3) is 4.48. The van der Waals surface area contributed by atoms with Crippen molar-refractivity contribution in [2.24, 2.45) is 5.92 Å². The van der Waals surface area contributed by atoms with Crippen molar-refractivity contribution in [2.45, 2.75) is 56.5 Å². The molecular weight excluding hydrogens is 436 g/mol. The van der Waals surface area contributed by atoms with Crippen molar-refractivity contribution in [3.05, 3.63) is 47.4 Å². The van der Waals surface area contributed by atoms with Gasteiger partial charge in [-0.25, -0.2) is 4.98 Å². The second kappa shape index (κ2) is 8.86. The molecule has 2 aliphatic rings. The van der Waals surface area contributed by atoms with Crippen LogP contribution in [0.15, 0.2) is 36.5 Å². The molecule has 0 aliphatic carbocycles. The summed E-state index contributed by atoms with van der Waals surface area (Å²) in [5.74, 6) is 0.265. The first-order valence-electron chi connectivity index (χ1n) is 10.7. The van der Waals surface area contributed by atoms with Gasteiger partial charge < -0.3 is 14.4 Å². The number of likely N-dealkylation sites (tertiary alicyclic amines) is 1. The molecule has 31 heavy (non-hydrogen) atoms. The van der Waals surface area contributed by atoms with Crippen LogP contribution in [0.1, 0.15) is 42.6 Å². The Bertz CT molecular complexity index is 1070. The number of carboxylic acid groups (broad SMARTS) is 1. The first kappa shape index (κ1) is 20.9. The number of nitrogens with zero attached hydrogens (tertiary/aromatic N) is 4. The van der Waals surface area contributed by atoms with Gasteiger partial charge in [-0.15, -0.1) is 0 Å². The van der Waals surface area contributed by atoms with Crippen LogP contribution < -0.4 is 0 Å². The summed E-state index contributed by atoms with van der Waals surface area (Å²) in [7, 11) is 0. The SMILES string of the molecule is O=C(O)C1CCCN1Cc1nc(C2CC(Cn3ccc4ccccc43)CC(Cl)O2)ns1. The van der Waals surface area contributed by atoms with Gasteiger partial charge in [-0.05, 0) is 67.2 Å². The van der Waals surface area contributed by atoms with Crippen molar-refractivity contribution < 1.29 is 14.6 Å². The number of aromatic nitrogens is 3. The van der Waals surface area contributed by atoms with E-state index in [-0.39, 0.29) is 11.7 Å². The largest absolute Gasteiger partial charge is 0.480 e. The minimum Gasteiger partial charge on any atom is -0.480 e. The molecule has 2 aliphatic heterocycles. The Kier molecular flexibility index (Phi) is 5.97. The molecule has 0 radical (unpaired) electrons. The highest BCUT2D eigenvalue weighted by atomic mass is 35.5. The number of halogens is 1. The fraction of sp³-hybridized carbons (Fsp3) is 0.500. The number of aliphatic carboxylic acids is 1. The van der Waals surface area contributed by atoms with Gasteiger partial charge in [0.25, 0.3) is 0 Å². The highest BCUT2D eigenvalue weighted by Crippen LogP contribution is 2.37. The quantitative estimate of drug-likeness (QED) is 0.553. The highest BCUT2D eigenvalue weighted by molar-refractivity contribution is 7.05. The van der Waals surface area contributed by atoms with E-state index in [9.17, 15) is 9.90 Å². The second-order valence-electron chi connectivity index (χ2n) is 8.41. The van der Waals surface area contributed by atoms with E-state index < -0.39 is 12.0 Å². The molecule has 9 heteroatoms. The van der Waals surface area contributed by atoms with E-state index in [1.54, 1.807) is 0 Å². The zero-order chi connectivity index (χ0) is 21.4. The van der Waals surface area contributed by atoms with Crippen LogP contribution in [0.25, 0.3) is 10.9 Å². The Morgan fingerprint density at radius 1 is 1.29 bits per heavy atom. The number of rotatable bonds is 6. The zero-order valence-corrected chi connectivity index (χ0v) is 18.6. The topological polar surface area (TPSA) is 80.5 Å². The summed E-state index contributed by atoms with van der Waals surface area (Å²) in [6.07, 6.45) is 5.09. The Balaban J connectivity index is 1.27. The van der Waals surface area contributed by atoms with Crippen LogP contribution >= 0.6 is 23.1 Å². The molecule has 4 heterocycles. The molecule has 2 fully saturated rings. The number of carbonyl (C=O) groups is 1. The van der Waals surface area contributed by atoms with Crippen molar-refractivity contribution in [3.8, 4) is 0 Å². The smallest absolute Gasteiger partial charge is 0.320 e. The number of hydrogen-bond donors (Lipinski definition) is 1. The monoisotopic (exact) mass is 460 g/mol. The molecule has 4 atom stereocenters. The molecule has 7 nitrogen and oxygen atoms in total. The summed E-state index contributed by atoms with van der Waals surface area (Å²) in [5.41, 5.74) is 0.858. The van der Waals surface area contributed by atoms with E-state index in [0.717, 1.165) is 37.4 Å². The highest BCUT2D eigenvalue weighted by Gasteiger charge is 2.34. The van der Waals surface area contributed by atoms with E-state index in [2.05, 4.69) is 50.5 Å². The average Bonchev–Trinajstić information content (AvgIpc) is 3.48. The maximum Gasteiger partial charge on any atom is 0.320 e. The molecule has 1 N–H and O–H groups in total. The van der Waals surface area contributed by atoms with Gasteiger partial charge in [0.05, 0.1) is 6.54 Å². The third-order valence-corrected chi connectivity index (χ3v) is 7.26. The molecule has 3 aromatic rings. The lowest BCUT2D eigenvalue weighted by Crippen LogP contribution is -2.35. The van der Waals surface area contributed by atoms with Gasteiger partial charge in [0.15, 0.2) is 5.82 Å². The maximum atomic E-state index is 11.4. The van der Waals surface area contributed by atoms with Crippen molar-refractivity contribution in [1.29, 1.82) is 0 Å². The van der Waals surface area contributed by atoms with Gasteiger partial charge in [-0.3, -0.25) is 9.69 Å². The minimum atomic E-state index is -0.761. The lowest BCUT2D eigenvalue weighted by atomic mass is 9.95. The first-order valence-corrected chi connectivity index (χ1v) is 11.9. The normalized spacial score (nSPS) is 27.1.